The van der Waals surface area contributed by atoms with Crippen LogP contribution < -0.4 is 5.73 Å². The molecule has 0 aliphatic carbocycles. The van der Waals surface area contributed by atoms with Gasteiger partial charge in [-0.05, 0) is 31.4 Å². The van der Waals surface area contributed by atoms with Crippen LogP contribution in [0.4, 0.5) is 5.95 Å². The summed E-state index contributed by atoms with van der Waals surface area (Å²) in [5.41, 5.74) is 7.70. The number of aromatic nitrogens is 3. The van der Waals surface area contributed by atoms with E-state index in [-0.39, 0.29) is 0 Å². The van der Waals surface area contributed by atoms with E-state index in [4.69, 9.17) is 5.73 Å². The largest absolute Gasteiger partial charge is 0.369 e. The number of rotatable bonds is 3. The summed E-state index contributed by atoms with van der Waals surface area (Å²) in [5.74, 6) is 1.19. The van der Waals surface area contributed by atoms with Crippen molar-refractivity contribution in [3.63, 3.8) is 0 Å². The van der Waals surface area contributed by atoms with Crippen LogP contribution in [0, 0.1) is 5.92 Å². The molecule has 1 atom stereocenters. The molecule has 2 aromatic heterocycles. The van der Waals surface area contributed by atoms with Crippen LogP contribution in [0.15, 0.2) is 18.3 Å². The molecule has 4 nitrogen and oxygen atoms in total. The summed E-state index contributed by atoms with van der Waals surface area (Å²) < 4.78 is 2.02. The van der Waals surface area contributed by atoms with Crippen molar-refractivity contribution in [1.82, 2.24) is 14.5 Å². The van der Waals surface area contributed by atoms with Crippen LogP contribution in [-0.2, 0) is 0 Å². The first-order valence-electron chi connectivity index (χ1n) is 5.68. The van der Waals surface area contributed by atoms with Crippen LogP contribution in [0.2, 0.25) is 0 Å². The van der Waals surface area contributed by atoms with E-state index in [1.165, 1.54) is 0 Å². The summed E-state index contributed by atoms with van der Waals surface area (Å²) in [4.78, 5) is 8.67. The molecule has 0 saturated carbocycles. The van der Waals surface area contributed by atoms with Gasteiger partial charge in [-0.15, -0.1) is 0 Å². The van der Waals surface area contributed by atoms with Gasteiger partial charge >= 0.3 is 0 Å². The van der Waals surface area contributed by atoms with E-state index in [1.807, 2.05) is 16.7 Å². The van der Waals surface area contributed by atoms with Crippen LogP contribution in [0.25, 0.3) is 11.2 Å². The van der Waals surface area contributed by atoms with Crippen LogP contribution in [0.1, 0.15) is 33.2 Å². The van der Waals surface area contributed by atoms with Crippen LogP contribution in [0.3, 0.4) is 0 Å². The molecule has 2 heterocycles. The maximum atomic E-state index is 5.94. The zero-order valence-corrected chi connectivity index (χ0v) is 10.0. The molecule has 0 aliphatic heterocycles. The fourth-order valence-electron chi connectivity index (χ4n) is 2.17. The van der Waals surface area contributed by atoms with Gasteiger partial charge in [0.1, 0.15) is 5.52 Å². The van der Waals surface area contributed by atoms with Crippen molar-refractivity contribution in [1.29, 1.82) is 0 Å². The smallest absolute Gasteiger partial charge is 0.202 e. The second-order valence-corrected chi connectivity index (χ2v) is 4.66. The van der Waals surface area contributed by atoms with E-state index in [2.05, 4.69) is 30.7 Å². The lowest BCUT2D eigenvalue weighted by molar-refractivity contribution is 0.438. The van der Waals surface area contributed by atoms with Gasteiger partial charge in [0, 0.05) is 12.2 Å². The molecule has 0 radical (unpaired) electrons. The number of nitrogens with zero attached hydrogens (tertiary/aromatic N) is 3. The molecule has 0 bridgehead atoms. The van der Waals surface area contributed by atoms with Gasteiger partial charge in [-0.1, -0.05) is 13.8 Å². The molecular weight excluding hydrogens is 200 g/mol. The molecule has 2 N–H and O–H groups in total. The van der Waals surface area contributed by atoms with Crippen molar-refractivity contribution in [2.45, 2.75) is 33.2 Å². The third-order valence-corrected chi connectivity index (χ3v) is 2.73. The van der Waals surface area contributed by atoms with E-state index in [0.29, 0.717) is 17.9 Å². The fraction of sp³-hybridized carbons (Fsp3) is 0.500. The summed E-state index contributed by atoms with van der Waals surface area (Å²) in [7, 11) is 0. The number of nitrogen functional groups attached to an aromatic ring is 1. The molecule has 0 fully saturated rings. The van der Waals surface area contributed by atoms with Crippen LogP contribution in [-0.4, -0.2) is 14.5 Å². The minimum atomic E-state index is 0.333. The molecule has 0 saturated heterocycles. The molecule has 2 aromatic rings. The quantitative estimate of drug-likeness (QED) is 0.861. The SMILES string of the molecule is CC(C)CC(C)n1c(N)nc2cccnc21. The second kappa shape index (κ2) is 4.12. The lowest BCUT2D eigenvalue weighted by Crippen LogP contribution is -2.11. The van der Waals surface area contributed by atoms with Crippen molar-refractivity contribution < 1.29 is 0 Å². The second-order valence-electron chi connectivity index (χ2n) is 4.66. The van der Waals surface area contributed by atoms with E-state index in [1.54, 1.807) is 6.20 Å². The molecule has 0 amide bonds. The standard InChI is InChI=1S/C12H18N4/c1-8(2)7-9(3)16-11-10(15-12(16)13)5-4-6-14-11/h4-6,8-9H,7H2,1-3H3,(H2,13,15). The lowest BCUT2D eigenvalue weighted by atomic mass is 10.1. The number of hydrogen-bond acceptors (Lipinski definition) is 3. The van der Waals surface area contributed by atoms with Gasteiger partial charge in [0.25, 0.3) is 0 Å². The molecule has 0 spiro atoms. The van der Waals surface area contributed by atoms with Gasteiger partial charge in [-0.2, -0.15) is 0 Å². The fourth-order valence-corrected chi connectivity index (χ4v) is 2.17. The zero-order valence-electron chi connectivity index (χ0n) is 10.0. The molecule has 86 valence electrons. The first-order valence-corrected chi connectivity index (χ1v) is 5.68. The number of anilines is 1. The highest BCUT2D eigenvalue weighted by Gasteiger charge is 2.15. The molecule has 1 unspecified atom stereocenters. The Hall–Kier alpha value is -1.58. The van der Waals surface area contributed by atoms with Gasteiger partial charge in [-0.3, -0.25) is 4.57 Å². The van der Waals surface area contributed by atoms with Gasteiger partial charge < -0.3 is 5.73 Å². The Morgan fingerprint density at radius 1 is 1.38 bits per heavy atom. The Labute approximate surface area is 95.5 Å². The average molecular weight is 218 g/mol. The van der Waals surface area contributed by atoms with Gasteiger partial charge in [0.15, 0.2) is 5.65 Å². The van der Waals surface area contributed by atoms with Crippen molar-refractivity contribution in [2.24, 2.45) is 5.92 Å². The van der Waals surface area contributed by atoms with E-state index < -0.39 is 0 Å². The van der Waals surface area contributed by atoms with Gasteiger partial charge in [0.2, 0.25) is 5.95 Å². The Morgan fingerprint density at radius 3 is 2.81 bits per heavy atom. The first kappa shape index (κ1) is 10.9. The van der Waals surface area contributed by atoms with Gasteiger partial charge in [0.05, 0.1) is 0 Å². The summed E-state index contributed by atoms with van der Waals surface area (Å²) in [5, 5.41) is 0. The maximum Gasteiger partial charge on any atom is 0.202 e. The van der Waals surface area contributed by atoms with Crippen LogP contribution >= 0.6 is 0 Å². The van der Waals surface area contributed by atoms with Crippen molar-refractivity contribution in [3.8, 4) is 0 Å². The van der Waals surface area contributed by atoms with Crippen molar-refractivity contribution in [2.75, 3.05) is 5.73 Å². The Bertz CT molecular complexity index is 487. The summed E-state index contributed by atoms with van der Waals surface area (Å²) in [6.07, 6.45) is 2.86. The topological polar surface area (TPSA) is 56.7 Å². The third-order valence-electron chi connectivity index (χ3n) is 2.73. The first-order chi connectivity index (χ1) is 7.59. The Kier molecular flexibility index (Phi) is 2.81. The molecule has 0 aromatic carbocycles. The molecule has 0 aliphatic rings. The molecule has 16 heavy (non-hydrogen) atoms. The van der Waals surface area contributed by atoms with Crippen molar-refractivity contribution in [3.05, 3.63) is 18.3 Å². The highest BCUT2D eigenvalue weighted by atomic mass is 15.2. The third kappa shape index (κ3) is 1.87. The Morgan fingerprint density at radius 2 is 2.12 bits per heavy atom. The van der Waals surface area contributed by atoms with E-state index >= 15 is 0 Å². The van der Waals surface area contributed by atoms with E-state index in [9.17, 15) is 0 Å². The van der Waals surface area contributed by atoms with Crippen LogP contribution in [0.5, 0.6) is 0 Å². The number of pyridine rings is 1. The zero-order chi connectivity index (χ0) is 11.7. The predicted molar refractivity (Wildman–Crippen MR) is 66.1 cm³/mol. The summed E-state index contributed by atoms with van der Waals surface area (Å²) in [6.45, 7) is 6.57. The monoisotopic (exact) mass is 218 g/mol. The molecule has 2 rings (SSSR count). The number of imidazole rings is 1. The molecular formula is C12H18N4. The van der Waals surface area contributed by atoms with Gasteiger partial charge in [-0.25, -0.2) is 9.97 Å². The van der Waals surface area contributed by atoms with E-state index in [0.717, 1.165) is 17.6 Å². The molecule has 4 heteroatoms. The highest BCUT2D eigenvalue weighted by Crippen LogP contribution is 2.24. The minimum Gasteiger partial charge on any atom is -0.369 e. The average Bonchev–Trinajstić information content (AvgIpc) is 2.52. The minimum absolute atomic E-state index is 0.333. The number of nitrogens with two attached hydrogens (primary N) is 1. The summed E-state index contributed by atoms with van der Waals surface area (Å²) >= 11 is 0. The Balaban J connectivity index is 2.46. The predicted octanol–water partition coefficient (Wildman–Crippen LogP) is 2.62. The highest BCUT2D eigenvalue weighted by molar-refractivity contribution is 5.73. The number of hydrogen-bond donors (Lipinski definition) is 1. The summed E-state index contributed by atoms with van der Waals surface area (Å²) in [6, 6.07) is 4.16. The number of fused-ring (bicyclic) bond motifs is 1. The maximum absolute atomic E-state index is 5.94. The van der Waals surface area contributed by atoms with Crippen molar-refractivity contribution >= 4 is 17.1 Å². The lowest BCUT2D eigenvalue weighted by Gasteiger charge is -2.17. The normalized spacial score (nSPS) is 13.5.